The van der Waals surface area contributed by atoms with Crippen LogP contribution in [0.4, 0.5) is 0 Å². The number of rotatable bonds is 14. The van der Waals surface area contributed by atoms with Gasteiger partial charge in [0.25, 0.3) is 0 Å². The smallest absolute Gasteiger partial charge is 0.0974 e. The molecule has 2 heteroatoms. The van der Waals surface area contributed by atoms with Crippen LogP contribution in [0, 0.1) is 5.92 Å². The Bertz CT molecular complexity index is 198. The standard InChI is InChI=1S/C19H41N.BrH/c1-5-9-13-15-18(14-10-6-2)19(20,16-11-7-3)17-12-8-4;/h18H,5-17,20H2,1-4H3;1H. The van der Waals surface area contributed by atoms with E-state index in [9.17, 15) is 0 Å². The summed E-state index contributed by atoms with van der Waals surface area (Å²) >= 11 is 0. The lowest BCUT2D eigenvalue weighted by atomic mass is 9.72. The molecule has 0 heterocycles. The molecule has 0 aromatic heterocycles. The van der Waals surface area contributed by atoms with E-state index in [2.05, 4.69) is 27.7 Å². The molecule has 0 aliphatic rings. The predicted octanol–water partition coefficient (Wildman–Crippen LogP) is 2.74. The van der Waals surface area contributed by atoms with Gasteiger partial charge in [-0.15, -0.1) is 0 Å². The molecule has 0 spiro atoms. The zero-order valence-corrected chi connectivity index (χ0v) is 16.9. The molecule has 21 heavy (non-hydrogen) atoms. The summed E-state index contributed by atoms with van der Waals surface area (Å²) in [6.45, 7) is 9.27. The minimum atomic E-state index is 0. The van der Waals surface area contributed by atoms with Crippen LogP contribution in [-0.2, 0) is 0 Å². The van der Waals surface area contributed by atoms with Crippen LogP contribution in [0.5, 0.6) is 0 Å². The van der Waals surface area contributed by atoms with E-state index >= 15 is 0 Å². The van der Waals surface area contributed by atoms with Crippen LogP contribution in [0.15, 0.2) is 0 Å². The van der Waals surface area contributed by atoms with Crippen molar-refractivity contribution in [3.63, 3.8) is 0 Å². The van der Waals surface area contributed by atoms with Crippen molar-refractivity contribution >= 4 is 0 Å². The molecule has 1 nitrogen and oxygen atoms in total. The van der Waals surface area contributed by atoms with Crippen molar-refractivity contribution in [2.45, 2.75) is 117 Å². The molecule has 1 atom stereocenters. The van der Waals surface area contributed by atoms with Crippen LogP contribution in [0.1, 0.15) is 111 Å². The largest absolute Gasteiger partial charge is 1.00 e. The Hall–Kier alpha value is 0.440. The molecule has 130 valence electrons. The average molecular weight is 364 g/mol. The van der Waals surface area contributed by atoms with Gasteiger partial charge in [-0.2, -0.15) is 0 Å². The van der Waals surface area contributed by atoms with Gasteiger partial charge >= 0.3 is 0 Å². The first-order valence-corrected chi connectivity index (χ1v) is 9.49. The van der Waals surface area contributed by atoms with Gasteiger partial charge in [0.15, 0.2) is 0 Å². The highest BCUT2D eigenvalue weighted by Crippen LogP contribution is 2.33. The van der Waals surface area contributed by atoms with Gasteiger partial charge in [-0.1, -0.05) is 72.6 Å². The molecular formula is C19H42BrN. The van der Waals surface area contributed by atoms with Crippen molar-refractivity contribution < 1.29 is 22.7 Å². The van der Waals surface area contributed by atoms with Crippen molar-refractivity contribution in [3.05, 3.63) is 0 Å². The minimum absolute atomic E-state index is 0. The Kier molecular flexibility index (Phi) is 17.3. The fourth-order valence-electron chi connectivity index (χ4n) is 3.44. The van der Waals surface area contributed by atoms with Crippen molar-refractivity contribution in [2.24, 2.45) is 5.92 Å². The van der Waals surface area contributed by atoms with E-state index in [-0.39, 0.29) is 17.0 Å². The molecule has 0 aliphatic heterocycles. The molecule has 0 aliphatic carbocycles. The number of quaternary nitrogens is 1. The molecule has 0 saturated carbocycles. The molecule has 0 saturated heterocycles. The second-order valence-electron chi connectivity index (χ2n) is 6.90. The molecule has 1 unspecified atom stereocenters. The normalized spacial score (nSPS) is 13.0. The Morgan fingerprint density at radius 3 is 1.52 bits per heavy atom. The lowest BCUT2D eigenvalue weighted by molar-refractivity contribution is -0.498. The van der Waals surface area contributed by atoms with E-state index in [1.54, 1.807) is 0 Å². The second-order valence-corrected chi connectivity index (χ2v) is 6.90. The third-order valence-electron chi connectivity index (χ3n) is 4.98. The van der Waals surface area contributed by atoms with Gasteiger partial charge in [0.2, 0.25) is 0 Å². The lowest BCUT2D eigenvalue weighted by Crippen LogP contribution is -3.00. The Balaban J connectivity index is 0. The Labute approximate surface area is 145 Å². The van der Waals surface area contributed by atoms with Crippen LogP contribution < -0.4 is 22.7 Å². The van der Waals surface area contributed by atoms with Crippen molar-refractivity contribution in [2.75, 3.05) is 0 Å². The Morgan fingerprint density at radius 2 is 1.10 bits per heavy atom. The second kappa shape index (κ2) is 15.3. The maximum absolute atomic E-state index is 4.78. The molecule has 0 amide bonds. The molecule has 0 aromatic carbocycles. The van der Waals surface area contributed by atoms with Gasteiger partial charge in [0, 0.05) is 18.8 Å². The molecule has 0 fully saturated rings. The quantitative estimate of drug-likeness (QED) is 0.459. The first kappa shape index (κ1) is 23.7. The van der Waals surface area contributed by atoms with E-state index in [4.69, 9.17) is 5.73 Å². The van der Waals surface area contributed by atoms with Gasteiger partial charge < -0.3 is 22.7 Å². The molecule has 0 bridgehead atoms. The van der Waals surface area contributed by atoms with Gasteiger partial charge in [0.1, 0.15) is 0 Å². The zero-order chi connectivity index (χ0) is 15.3. The van der Waals surface area contributed by atoms with E-state index in [0.717, 1.165) is 5.92 Å². The van der Waals surface area contributed by atoms with E-state index in [0.29, 0.717) is 5.54 Å². The summed E-state index contributed by atoms with van der Waals surface area (Å²) in [5.74, 6) is 0.868. The van der Waals surface area contributed by atoms with Crippen molar-refractivity contribution in [1.82, 2.24) is 0 Å². The van der Waals surface area contributed by atoms with Crippen LogP contribution in [0.3, 0.4) is 0 Å². The highest BCUT2D eigenvalue weighted by atomic mass is 79.9. The van der Waals surface area contributed by atoms with E-state index in [1.807, 2.05) is 0 Å². The van der Waals surface area contributed by atoms with E-state index < -0.39 is 0 Å². The summed E-state index contributed by atoms with van der Waals surface area (Å²) in [5.41, 5.74) is 5.15. The summed E-state index contributed by atoms with van der Waals surface area (Å²) < 4.78 is 0. The SMILES string of the molecule is CCCCCC(CCCC)C([NH3+])(CCCC)CCCC.[Br-]. The molecule has 3 N–H and O–H groups in total. The minimum Gasteiger partial charge on any atom is -1.00 e. The first-order chi connectivity index (χ1) is 9.64. The third kappa shape index (κ3) is 10.7. The topological polar surface area (TPSA) is 27.6 Å². The highest BCUT2D eigenvalue weighted by Gasteiger charge is 2.36. The number of unbranched alkanes of at least 4 members (excludes halogenated alkanes) is 5. The van der Waals surface area contributed by atoms with Crippen molar-refractivity contribution in [1.29, 1.82) is 0 Å². The fourth-order valence-corrected chi connectivity index (χ4v) is 3.44. The van der Waals surface area contributed by atoms with Crippen LogP contribution in [0.25, 0.3) is 0 Å². The predicted molar refractivity (Wildman–Crippen MR) is 91.8 cm³/mol. The maximum Gasteiger partial charge on any atom is 0.0974 e. The summed E-state index contributed by atoms with van der Waals surface area (Å²) in [6.07, 6.45) is 17.8. The van der Waals surface area contributed by atoms with Crippen molar-refractivity contribution in [3.8, 4) is 0 Å². The number of halogens is 1. The summed E-state index contributed by atoms with van der Waals surface area (Å²) in [6, 6.07) is 0. The zero-order valence-electron chi connectivity index (χ0n) is 15.4. The lowest BCUT2D eigenvalue weighted by Gasteiger charge is -2.35. The Morgan fingerprint density at radius 1 is 0.667 bits per heavy atom. The third-order valence-corrected chi connectivity index (χ3v) is 4.98. The van der Waals surface area contributed by atoms with Gasteiger partial charge in [-0.05, 0) is 25.7 Å². The summed E-state index contributed by atoms with van der Waals surface area (Å²) in [7, 11) is 0. The van der Waals surface area contributed by atoms with Crippen LogP contribution >= 0.6 is 0 Å². The van der Waals surface area contributed by atoms with Gasteiger partial charge in [0.05, 0.1) is 5.54 Å². The number of hydrogen-bond acceptors (Lipinski definition) is 0. The van der Waals surface area contributed by atoms with Crippen LogP contribution in [-0.4, -0.2) is 5.54 Å². The summed E-state index contributed by atoms with van der Waals surface area (Å²) in [5, 5.41) is 0. The molecule has 0 radical (unpaired) electrons. The monoisotopic (exact) mass is 363 g/mol. The van der Waals surface area contributed by atoms with Gasteiger partial charge in [-0.3, -0.25) is 0 Å². The highest BCUT2D eigenvalue weighted by molar-refractivity contribution is 4.85. The van der Waals surface area contributed by atoms with Gasteiger partial charge in [-0.25, -0.2) is 0 Å². The average Bonchev–Trinajstić information content (AvgIpc) is 2.46. The van der Waals surface area contributed by atoms with E-state index in [1.165, 1.54) is 83.5 Å². The molecule has 0 rings (SSSR count). The summed E-state index contributed by atoms with van der Waals surface area (Å²) in [4.78, 5) is 0. The molecular weight excluding hydrogens is 322 g/mol. The fraction of sp³-hybridized carbons (Fsp3) is 1.00. The number of hydrogen-bond donors (Lipinski definition) is 1. The first-order valence-electron chi connectivity index (χ1n) is 9.49. The maximum atomic E-state index is 4.78. The molecule has 0 aromatic rings. The van der Waals surface area contributed by atoms with Crippen LogP contribution in [0.2, 0.25) is 0 Å².